The van der Waals surface area contributed by atoms with Crippen molar-refractivity contribution < 1.29 is 4.79 Å². The van der Waals surface area contributed by atoms with E-state index in [1.165, 1.54) is 0 Å². The lowest BCUT2D eigenvalue weighted by Gasteiger charge is -2.35. The highest BCUT2D eigenvalue weighted by Gasteiger charge is 2.26. The third-order valence-electron chi connectivity index (χ3n) is 5.36. The fourth-order valence-corrected chi connectivity index (χ4v) is 3.82. The first kappa shape index (κ1) is 20.0. The van der Waals surface area contributed by atoms with Gasteiger partial charge in [0.1, 0.15) is 5.82 Å². The third-order valence-corrected chi connectivity index (χ3v) is 5.36. The maximum absolute atomic E-state index is 13.0. The fourth-order valence-electron chi connectivity index (χ4n) is 3.82. The Kier molecular flexibility index (Phi) is 5.50. The largest absolute Gasteiger partial charge is 0.353 e. The SMILES string of the molecule is CN(C)Cc1ccc(N2CCN(C(=O)c3nn(C)c4ccccc4c3=O)CC2)nc1. The smallest absolute Gasteiger partial charge is 0.278 e. The summed E-state index contributed by atoms with van der Waals surface area (Å²) in [7, 11) is 5.81. The molecule has 8 nitrogen and oxygen atoms in total. The second-order valence-corrected chi connectivity index (χ2v) is 7.86. The van der Waals surface area contributed by atoms with Crippen LogP contribution < -0.4 is 10.3 Å². The van der Waals surface area contributed by atoms with E-state index in [1.54, 1.807) is 28.8 Å². The molecule has 1 fully saturated rings. The van der Waals surface area contributed by atoms with Crippen molar-refractivity contribution in [2.24, 2.45) is 7.05 Å². The third kappa shape index (κ3) is 3.91. The van der Waals surface area contributed by atoms with Gasteiger partial charge in [0.05, 0.1) is 5.52 Å². The number of rotatable bonds is 4. The summed E-state index contributed by atoms with van der Waals surface area (Å²) in [5, 5.41) is 4.78. The quantitative estimate of drug-likeness (QED) is 0.651. The van der Waals surface area contributed by atoms with Gasteiger partial charge in [-0.25, -0.2) is 4.98 Å². The van der Waals surface area contributed by atoms with Crippen LogP contribution in [0.2, 0.25) is 0 Å². The first-order valence-electron chi connectivity index (χ1n) is 10.0. The molecule has 1 aliphatic heterocycles. The summed E-state index contributed by atoms with van der Waals surface area (Å²) in [5.41, 5.74) is 1.55. The number of fused-ring (bicyclic) bond motifs is 1. The summed E-state index contributed by atoms with van der Waals surface area (Å²) in [5.74, 6) is 0.597. The lowest BCUT2D eigenvalue weighted by molar-refractivity contribution is 0.0737. The van der Waals surface area contributed by atoms with Gasteiger partial charge < -0.3 is 14.7 Å². The van der Waals surface area contributed by atoms with Crippen molar-refractivity contribution in [2.75, 3.05) is 45.2 Å². The number of para-hydroxylation sites is 1. The zero-order valence-corrected chi connectivity index (χ0v) is 17.6. The van der Waals surface area contributed by atoms with Crippen molar-refractivity contribution in [3.8, 4) is 0 Å². The second-order valence-electron chi connectivity index (χ2n) is 7.86. The Bertz CT molecular complexity index is 1110. The molecule has 1 aromatic carbocycles. The van der Waals surface area contributed by atoms with Gasteiger partial charge in [0, 0.05) is 51.4 Å². The van der Waals surface area contributed by atoms with E-state index < -0.39 is 0 Å². The minimum atomic E-state index is -0.311. The number of piperazine rings is 1. The van der Waals surface area contributed by atoms with Gasteiger partial charge >= 0.3 is 0 Å². The molecule has 2 aromatic heterocycles. The van der Waals surface area contributed by atoms with Crippen LogP contribution in [0.3, 0.4) is 0 Å². The number of benzene rings is 1. The van der Waals surface area contributed by atoms with Crippen LogP contribution in [0.5, 0.6) is 0 Å². The summed E-state index contributed by atoms with van der Waals surface area (Å²) in [4.78, 5) is 36.4. The van der Waals surface area contributed by atoms with E-state index in [4.69, 9.17) is 0 Å². The minimum Gasteiger partial charge on any atom is -0.353 e. The Morgan fingerprint density at radius 3 is 2.47 bits per heavy atom. The molecule has 1 saturated heterocycles. The Morgan fingerprint density at radius 2 is 1.80 bits per heavy atom. The first-order valence-corrected chi connectivity index (χ1v) is 10.0. The molecule has 30 heavy (non-hydrogen) atoms. The number of amides is 1. The van der Waals surface area contributed by atoms with Crippen molar-refractivity contribution in [3.05, 3.63) is 64.1 Å². The van der Waals surface area contributed by atoms with E-state index in [-0.39, 0.29) is 17.0 Å². The monoisotopic (exact) mass is 406 g/mol. The molecule has 156 valence electrons. The first-order chi connectivity index (χ1) is 14.4. The number of carbonyl (C=O) groups is 1. The predicted molar refractivity (Wildman–Crippen MR) is 117 cm³/mol. The summed E-state index contributed by atoms with van der Waals surface area (Å²) in [6, 6.07) is 11.3. The molecular weight excluding hydrogens is 380 g/mol. The number of aryl methyl sites for hydroxylation is 1. The van der Waals surface area contributed by atoms with Gasteiger partial charge in [-0.3, -0.25) is 14.3 Å². The van der Waals surface area contributed by atoms with Crippen molar-refractivity contribution in [3.63, 3.8) is 0 Å². The normalized spacial score (nSPS) is 14.5. The number of aromatic nitrogens is 3. The highest BCUT2D eigenvalue weighted by molar-refractivity contribution is 5.95. The lowest BCUT2D eigenvalue weighted by atomic mass is 10.2. The number of anilines is 1. The summed E-state index contributed by atoms with van der Waals surface area (Å²) in [6.45, 7) is 3.23. The van der Waals surface area contributed by atoms with Crippen LogP contribution in [0.4, 0.5) is 5.82 Å². The van der Waals surface area contributed by atoms with Gasteiger partial charge in [-0.1, -0.05) is 18.2 Å². The van der Waals surface area contributed by atoms with Gasteiger partial charge in [0.15, 0.2) is 5.69 Å². The molecule has 0 bridgehead atoms. The van der Waals surface area contributed by atoms with Crippen molar-refractivity contribution >= 4 is 22.6 Å². The molecule has 0 saturated carbocycles. The lowest BCUT2D eigenvalue weighted by Crippen LogP contribution is -2.50. The van der Waals surface area contributed by atoms with Crippen LogP contribution in [-0.4, -0.2) is 70.7 Å². The van der Waals surface area contributed by atoms with E-state index >= 15 is 0 Å². The van der Waals surface area contributed by atoms with Crippen molar-refractivity contribution in [1.82, 2.24) is 24.6 Å². The molecule has 0 unspecified atom stereocenters. The number of hydrogen-bond donors (Lipinski definition) is 0. The Balaban J connectivity index is 1.47. The van der Waals surface area contributed by atoms with Crippen LogP contribution in [0.25, 0.3) is 10.9 Å². The fraction of sp³-hybridized carbons (Fsp3) is 0.364. The molecule has 0 N–H and O–H groups in total. The molecule has 0 aliphatic carbocycles. The van der Waals surface area contributed by atoms with E-state index in [0.29, 0.717) is 37.1 Å². The predicted octanol–water partition coefficient (Wildman–Crippen LogP) is 1.35. The molecule has 0 spiro atoms. The Morgan fingerprint density at radius 1 is 1.07 bits per heavy atom. The molecule has 4 rings (SSSR count). The minimum absolute atomic E-state index is 0.0178. The summed E-state index contributed by atoms with van der Waals surface area (Å²) >= 11 is 0. The standard InChI is InChI=1S/C22H26N6O2/c1-25(2)15-16-8-9-19(23-14-16)27-10-12-28(13-11-27)22(30)20-21(29)17-6-4-5-7-18(17)26(3)24-20/h4-9,14H,10-13,15H2,1-3H3. The van der Waals surface area contributed by atoms with Crippen LogP contribution in [-0.2, 0) is 13.6 Å². The summed E-state index contributed by atoms with van der Waals surface area (Å²) in [6.07, 6.45) is 1.90. The zero-order chi connectivity index (χ0) is 21.3. The van der Waals surface area contributed by atoms with Gasteiger partial charge in [-0.05, 0) is 37.9 Å². The highest BCUT2D eigenvalue weighted by atomic mass is 16.2. The molecule has 1 aliphatic rings. The average molecular weight is 406 g/mol. The summed E-state index contributed by atoms with van der Waals surface area (Å²) < 4.78 is 1.60. The van der Waals surface area contributed by atoms with Crippen LogP contribution in [0.1, 0.15) is 16.1 Å². The molecule has 3 aromatic rings. The number of carbonyl (C=O) groups excluding carboxylic acids is 1. The van der Waals surface area contributed by atoms with Gasteiger partial charge in [0.25, 0.3) is 5.91 Å². The van der Waals surface area contributed by atoms with E-state index in [2.05, 4.69) is 25.9 Å². The molecule has 0 radical (unpaired) electrons. The molecule has 8 heteroatoms. The molecule has 0 atom stereocenters. The number of nitrogens with zero attached hydrogens (tertiary/aromatic N) is 6. The molecule has 1 amide bonds. The van der Waals surface area contributed by atoms with Crippen LogP contribution in [0.15, 0.2) is 47.4 Å². The Labute approximate surface area is 175 Å². The number of hydrogen-bond acceptors (Lipinski definition) is 6. The van der Waals surface area contributed by atoms with Crippen LogP contribution in [0, 0.1) is 0 Å². The maximum atomic E-state index is 13.0. The molecular formula is C22H26N6O2. The van der Waals surface area contributed by atoms with E-state index in [0.717, 1.165) is 17.9 Å². The average Bonchev–Trinajstić information content (AvgIpc) is 2.76. The van der Waals surface area contributed by atoms with Crippen LogP contribution >= 0.6 is 0 Å². The highest BCUT2D eigenvalue weighted by Crippen LogP contribution is 2.16. The van der Waals surface area contributed by atoms with Gasteiger partial charge in [0.2, 0.25) is 5.43 Å². The second kappa shape index (κ2) is 8.23. The molecule has 3 heterocycles. The van der Waals surface area contributed by atoms with Gasteiger partial charge in [-0.15, -0.1) is 0 Å². The van der Waals surface area contributed by atoms with Gasteiger partial charge in [-0.2, -0.15) is 5.10 Å². The van der Waals surface area contributed by atoms with E-state index in [1.807, 2.05) is 38.5 Å². The van der Waals surface area contributed by atoms with Crippen molar-refractivity contribution in [2.45, 2.75) is 6.54 Å². The Hall–Kier alpha value is -3.26. The van der Waals surface area contributed by atoms with E-state index in [9.17, 15) is 9.59 Å². The topological polar surface area (TPSA) is 74.6 Å². The van der Waals surface area contributed by atoms with Crippen molar-refractivity contribution in [1.29, 1.82) is 0 Å². The maximum Gasteiger partial charge on any atom is 0.278 e. The zero-order valence-electron chi connectivity index (χ0n) is 17.6. The number of pyridine rings is 1.